The minimum absolute atomic E-state index is 0.137. The summed E-state index contributed by atoms with van der Waals surface area (Å²) in [6.45, 7) is 5.56. The number of ether oxygens (including phenoxy) is 1. The fourth-order valence-electron chi connectivity index (χ4n) is 0.974. The fourth-order valence-corrected chi connectivity index (χ4v) is 0.974. The molecule has 2 N–H and O–H groups in total. The summed E-state index contributed by atoms with van der Waals surface area (Å²) in [5.74, 6) is 0.146. The molecule has 6 heteroatoms. The SMILES string of the molecule is CC(C)(C)Oc1ccc([N+](=O)[O-])c(N)n1. The van der Waals surface area contributed by atoms with E-state index in [0.717, 1.165) is 0 Å². The maximum atomic E-state index is 10.5. The predicted molar refractivity (Wildman–Crippen MR) is 55.7 cm³/mol. The van der Waals surface area contributed by atoms with Gasteiger partial charge in [-0.1, -0.05) is 0 Å². The number of pyridine rings is 1. The molecule has 0 aliphatic carbocycles. The maximum Gasteiger partial charge on any atom is 0.311 e. The molecule has 1 rings (SSSR count). The van der Waals surface area contributed by atoms with Gasteiger partial charge in [-0.2, -0.15) is 4.98 Å². The van der Waals surface area contributed by atoms with Crippen molar-refractivity contribution in [2.75, 3.05) is 5.73 Å². The Hall–Kier alpha value is -1.85. The Labute approximate surface area is 87.2 Å². The Kier molecular flexibility index (Phi) is 2.78. The summed E-state index contributed by atoms with van der Waals surface area (Å²) >= 11 is 0. The quantitative estimate of drug-likeness (QED) is 0.594. The second kappa shape index (κ2) is 3.72. The van der Waals surface area contributed by atoms with E-state index in [0.29, 0.717) is 0 Å². The summed E-state index contributed by atoms with van der Waals surface area (Å²) in [5, 5.41) is 10.5. The van der Waals surface area contributed by atoms with E-state index in [1.54, 1.807) is 0 Å². The minimum atomic E-state index is -0.580. The number of aromatic nitrogens is 1. The van der Waals surface area contributed by atoms with Crippen molar-refractivity contribution in [3.63, 3.8) is 0 Å². The molecule has 0 fully saturated rings. The summed E-state index contributed by atoms with van der Waals surface area (Å²) < 4.78 is 5.40. The van der Waals surface area contributed by atoms with E-state index < -0.39 is 10.5 Å². The normalized spacial score (nSPS) is 11.1. The lowest BCUT2D eigenvalue weighted by Gasteiger charge is -2.20. The van der Waals surface area contributed by atoms with Crippen molar-refractivity contribution in [1.29, 1.82) is 0 Å². The zero-order valence-corrected chi connectivity index (χ0v) is 8.85. The van der Waals surface area contributed by atoms with Crippen LogP contribution in [0.3, 0.4) is 0 Å². The third-order valence-electron chi connectivity index (χ3n) is 1.48. The van der Waals surface area contributed by atoms with Gasteiger partial charge < -0.3 is 10.5 Å². The van der Waals surface area contributed by atoms with Gasteiger partial charge in [0.1, 0.15) is 5.60 Å². The molecule has 0 aliphatic rings. The highest BCUT2D eigenvalue weighted by atomic mass is 16.6. The Bertz CT molecular complexity index is 385. The van der Waals surface area contributed by atoms with Crippen molar-refractivity contribution >= 4 is 11.5 Å². The molecule has 0 saturated carbocycles. The van der Waals surface area contributed by atoms with Gasteiger partial charge in [-0.3, -0.25) is 10.1 Å². The second-order valence-electron chi connectivity index (χ2n) is 4.03. The van der Waals surface area contributed by atoms with Gasteiger partial charge in [-0.15, -0.1) is 0 Å². The Morgan fingerprint density at radius 1 is 1.47 bits per heavy atom. The number of hydrogen-bond acceptors (Lipinski definition) is 5. The first-order valence-corrected chi connectivity index (χ1v) is 4.39. The van der Waals surface area contributed by atoms with E-state index in [1.807, 2.05) is 20.8 Å². The Balaban J connectivity index is 2.97. The molecule has 0 radical (unpaired) electrons. The third-order valence-corrected chi connectivity index (χ3v) is 1.48. The summed E-state index contributed by atoms with van der Waals surface area (Å²) in [6, 6.07) is 2.71. The van der Waals surface area contributed by atoms with E-state index >= 15 is 0 Å². The van der Waals surface area contributed by atoms with Gasteiger partial charge in [0, 0.05) is 12.1 Å². The van der Waals surface area contributed by atoms with E-state index in [-0.39, 0.29) is 17.4 Å². The van der Waals surface area contributed by atoms with Crippen molar-refractivity contribution < 1.29 is 9.66 Å². The van der Waals surface area contributed by atoms with Crippen LogP contribution in [-0.2, 0) is 0 Å². The zero-order valence-electron chi connectivity index (χ0n) is 8.85. The summed E-state index contributed by atoms with van der Waals surface area (Å²) in [7, 11) is 0. The number of rotatable bonds is 2. The largest absolute Gasteiger partial charge is 0.472 e. The van der Waals surface area contributed by atoms with Crippen molar-refractivity contribution in [3.05, 3.63) is 22.2 Å². The molecule has 1 aromatic rings. The molecule has 1 aromatic heterocycles. The number of nitrogens with zero attached hydrogens (tertiary/aromatic N) is 2. The van der Waals surface area contributed by atoms with Crippen molar-refractivity contribution in [2.24, 2.45) is 0 Å². The van der Waals surface area contributed by atoms with Crippen LogP contribution >= 0.6 is 0 Å². The molecular formula is C9H13N3O3. The monoisotopic (exact) mass is 211 g/mol. The lowest BCUT2D eigenvalue weighted by molar-refractivity contribution is -0.384. The molecule has 0 saturated heterocycles. The van der Waals surface area contributed by atoms with Gasteiger partial charge in [0.05, 0.1) is 4.92 Å². The molecule has 0 amide bonds. The third kappa shape index (κ3) is 3.08. The Morgan fingerprint density at radius 2 is 2.07 bits per heavy atom. The van der Waals surface area contributed by atoms with E-state index in [2.05, 4.69) is 4.98 Å². The van der Waals surface area contributed by atoms with E-state index in [4.69, 9.17) is 10.5 Å². The summed E-state index contributed by atoms with van der Waals surface area (Å²) in [4.78, 5) is 13.7. The van der Waals surface area contributed by atoms with Crippen LogP contribution in [0.15, 0.2) is 12.1 Å². The van der Waals surface area contributed by atoms with Crippen molar-refractivity contribution in [2.45, 2.75) is 26.4 Å². The first-order chi connectivity index (χ1) is 6.79. The standard InChI is InChI=1S/C9H13N3O3/c1-9(2,3)15-7-5-4-6(12(13)14)8(10)11-7/h4-5H,1-3H3,(H2,10,11). The van der Waals surface area contributed by atoms with Crippen LogP contribution in [0.1, 0.15) is 20.8 Å². The van der Waals surface area contributed by atoms with Gasteiger partial charge >= 0.3 is 5.69 Å². The molecule has 0 atom stereocenters. The van der Waals surface area contributed by atoms with Crippen LogP contribution < -0.4 is 10.5 Å². The van der Waals surface area contributed by atoms with E-state index in [9.17, 15) is 10.1 Å². The summed E-state index contributed by atoms with van der Waals surface area (Å²) in [5.41, 5.74) is 4.79. The molecule has 0 spiro atoms. The molecule has 0 bridgehead atoms. The van der Waals surface area contributed by atoms with Gasteiger partial charge in [-0.05, 0) is 20.8 Å². The summed E-state index contributed by atoms with van der Waals surface area (Å²) in [6.07, 6.45) is 0. The topological polar surface area (TPSA) is 91.3 Å². The highest BCUT2D eigenvalue weighted by Crippen LogP contribution is 2.23. The average Bonchev–Trinajstić information content (AvgIpc) is 1.99. The predicted octanol–water partition coefficient (Wildman–Crippen LogP) is 1.75. The molecule has 82 valence electrons. The average molecular weight is 211 g/mol. The molecule has 15 heavy (non-hydrogen) atoms. The maximum absolute atomic E-state index is 10.5. The fraction of sp³-hybridized carbons (Fsp3) is 0.444. The van der Waals surface area contributed by atoms with Crippen molar-refractivity contribution in [1.82, 2.24) is 4.98 Å². The molecule has 1 heterocycles. The zero-order chi connectivity index (χ0) is 11.6. The second-order valence-corrected chi connectivity index (χ2v) is 4.03. The van der Waals surface area contributed by atoms with Crippen LogP contribution in [0, 0.1) is 10.1 Å². The van der Waals surface area contributed by atoms with Crippen LogP contribution in [0.25, 0.3) is 0 Å². The van der Waals surface area contributed by atoms with Gasteiger partial charge in [0.2, 0.25) is 11.7 Å². The van der Waals surface area contributed by atoms with Crippen LogP contribution in [-0.4, -0.2) is 15.5 Å². The van der Waals surface area contributed by atoms with Gasteiger partial charge in [0.25, 0.3) is 0 Å². The number of anilines is 1. The lowest BCUT2D eigenvalue weighted by Crippen LogP contribution is -2.23. The number of nitrogens with two attached hydrogens (primary N) is 1. The van der Waals surface area contributed by atoms with Gasteiger partial charge in [0.15, 0.2) is 0 Å². The molecule has 6 nitrogen and oxygen atoms in total. The lowest BCUT2D eigenvalue weighted by atomic mass is 10.2. The minimum Gasteiger partial charge on any atom is -0.472 e. The number of nitro groups is 1. The number of nitrogen functional groups attached to an aromatic ring is 1. The van der Waals surface area contributed by atoms with E-state index in [1.165, 1.54) is 12.1 Å². The molecule has 0 aliphatic heterocycles. The van der Waals surface area contributed by atoms with Crippen molar-refractivity contribution in [3.8, 4) is 5.88 Å². The van der Waals surface area contributed by atoms with Crippen LogP contribution in [0.5, 0.6) is 5.88 Å². The van der Waals surface area contributed by atoms with Gasteiger partial charge in [-0.25, -0.2) is 0 Å². The van der Waals surface area contributed by atoms with Crippen LogP contribution in [0.2, 0.25) is 0 Å². The highest BCUT2D eigenvalue weighted by molar-refractivity contribution is 5.53. The molecule has 0 unspecified atom stereocenters. The first-order valence-electron chi connectivity index (χ1n) is 4.39. The highest BCUT2D eigenvalue weighted by Gasteiger charge is 2.17. The smallest absolute Gasteiger partial charge is 0.311 e. The number of hydrogen-bond donors (Lipinski definition) is 1. The first kappa shape index (κ1) is 11.2. The molecule has 0 aromatic carbocycles. The Morgan fingerprint density at radius 3 is 2.47 bits per heavy atom. The molecular weight excluding hydrogens is 198 g/mol. The van der Waals surface area contributed by atoms with Crippen LogP contribution in [0.4, 0.5) is 11.5 Å².